The second-order valence-corrected chi connectivity index (χ2v) is 4.38. The van der Waals surface area contributed by atoms with Crippen LogP contribution in [0.1, 0.15) is 20.7 Å². The van der Waals surface area contributed by atoms with E-state index in [1.54, 1.807) is 12.1 Å². The van der Waals surface area contributed by atoms with Crippen LogP contribution in [0.3, 0.4) is 0 Å². The highest BCUT2D eigenvalue weighted by atomic mass is 32.1. The molecule has 1 atom stereocenters. The summed E-state index contributed by atoms with van der Waals surface area (Å²) < 4.78 is 4.94. The first-order valence-electron chi connectivity index (χ1n) is 4.84. The van der Waals surface area contributed by atoms with Gasteiger partial charge >= 0.3 is 11.9 Å². The van der Waals surface area contributed by atoms with Crippen LogP contribution in [-0.2, 0) is 4.74 Å². The molecule has 1 N–H and O–H groups in total. The monoisotopic (exact) mass is 272 g/mol. The lowest BCUT2D eigenvalue weighted by Gasteiger charge is -2.09. The fourth-order valence-corrected chi connectivity index (χ4v) is 1.33. The van der Waals surface area contributed by atoms with Gasteiger partial charge in [-0.05, 0) is 12.1 Å². The fourth-order valence-electron chi connectivity index (χ4n) is 1.15. The van der Waals surface area contributed by atoms with Crippen molar-refractivity contribution in [1.82, 2.24) is 0 Å². The third kappa shape index (κ3) is 3.98. The molecule has 92 valence electrons. The third-order valence-electron chi connectivity index (χ3n) is 1.99. The minimum Gasteiger partial charge on any atom is -0.478 e. The van der Waals surface area contributed by atoms with E-state index in [0.717, 1.165) is 0 Å². The summed E-state index contributed by atoms with van der Waals surface area (Å²) in [5.74, 6) is -1.35. The Kier molecular flexibility index (Phi) is 5.37. The van der Waals surface area contributed by atoms with Crippen molar-refractivity contribution in [3.05, 3.63) is 35.4 Å². The molecule has 0 amide bonds. The molecule has 0 saturated carbocycles. The van der Waals surface area contributed by atoms with Gasteiger partial charge in [0.2, 0.25) is 0 Å². The van der Waals surface area contributed by atoms with Crippen molar-refractivity contribution in [2.24, 2.45) is 0 Å². The predicted octanol–water partition coefficient (Wildman–Crippen LogP) is 1.77. The number of carboxylic acids is 1. The topological polar surface area (TPSA) is 63.6 Å². The molecular weight excluding hydrogens is 260 g/mol. The molecule has 1 aromatic rings. The van der Waals surface area contributed by atoms with Crippen LogP contribution in [0.25, 0.3) is 0 Å². The van der Waals surface area contributed by atoms with E-state index in [-0.39, 0.29) is 23.0 Å². The molecule has 0 aliphatic carbocycles. The van der Waals surface area contributed by atoms with Crippen molar-refractivity contribution >= 4 is 37.2 Å². The Balaban J connectivity index is 2.78. The van der Waals surface area contributed by atoms with Crippen LogP contribution in [0.15, 0.2) is 24.3 Å². The number of carbonyl (C=O) groups is 2. The van der Waals surface area contributed by atoms with Crippen molar-refractivity contribution in [3.63, 3.8) is 0 Å². The molecular formula is C11H12O4S2. The zero-order valence-corrected chi connectivity index (χ0v) is 10.7. The highest BCUT2D eigenvalue weighted by Crippen LogP contribution is 2.11. The molecule has 0 bridgehead atoms. The van der Waals surface area contributed by atoms with Gasteiger partial charge in [0.25, 0.3) is 0 Å². The van der Waals surface area contributed by atoms with E-state index in [9.17, 15) is 9.59 Å². The summed E-state index contributed by atoms with van der Waals surface area (Å²) in [4.78, 5) is 22.5. The molecule has 0 spiro atoms. The van der Waals surface area contributed by atoms with Gasteiger partial charge in [0.1, 0.15) is 6.61 Å². The van der Waals surface area contributed by atoms with Gasteiger partial charge in [-0.15, -0.1) is 0 Å². The minimum absolute atomic E-state index is 0.0414. The maximum Gasteiger partial charge on any atom is 0.339 e. The lowest BCUT2D eigenvalue weighted by atomic mass is 10.1. The average molecular weight is 272 g/mol. The van der Waals surface area contributed by atoms with Crippen LogP contribution in [0, 0.1) is 0 Å². The maximum atomic E-state index is 11.6. The van der Waals surface area contributed by atoms with Gasteiger partial charge in [0, 0.05) is 11.0 Å². The van der Waals surface area contributed by atoms with Crippen molar-refractivity contribution in [1.29, 1.82) is 0 Å². The maximum absolute atomic E-state index is 11.6. The second-order valence-electron chi connectivity index (χ2n) is 3.29. The van der Waals surface area contributed by atoms with Crippen LogP contribution in [-0.4, -0.2) is 34.7 Å². The van der Waals surface area contributed by atoms with Crippen LogP contribution in [0.4, 0.5) is 0 Å². The fraction of sp³-hybridized carbons (Fsp3) is 0.273. The number of carbonyl (C=O) groups excluding carboxylic acids is 1. The Labute approximate surface area is 110 Å². The largest absolute Gasteiger partial charge is 0.478 e. The number of hydrogen-bond donors (Lipinski definition) is 3. The average Bonchev–Trinajstić information content (AvgIpc) is 2.35. The van der Waals surface area contributed by atoms with Crippen LogP contribution in [0.2, 0.25) is 0 Å². The van der Waals surface area contributed by atoms with E-state index >= 15 is 0 Å². The lowest BCUT2D eigenvalue weighted by Crippen LogP contribution is -2.17. The van der Waals surface area contributed by atoms with Gasteiger partial charge in [-0.3, -0.25) is 0 Å². The molecule has 0 saturated heterocycles. The number of thiol groups is 2. The lowest BCUT2D eigenvalue weighted by molar-refractivity contribution is 0.0501. The highest BCUT2D eigenvalue weighted by molar-refractivity contribution is 7.84. The molecule has 4 nitrogen and oxygen atoms in total. The Bertz CT molecular complexity index is 420. The van der Waals surface area contributed by atoms with Crippen LogP contribution < -0.4 is 0 Å². The zero-order valence-electron chi connectivity index (χ0n) is 8.87. The van der Waals surface area contributed by atoms with Crippen LogP contribution >= 0.6 is 25.3 Å². The summed E-state index contributed by atoms with van der Waals surface area (Å²) in [5.41, 5.74) is -0.0289. The first kappa shape index (κ1) is 13.9. The van der Waals surface area contributed by atoms with Crippen molar-refractivity contribution in [2.45, 2.75) is 5.25 Å². The summed E-state index contributed by atoms with van der Waals surface area (Å²) >= 11 is 8.11. The molecule has 0 aromatic heterocycles. The van der Waals surface area contributed by atoms with Crippen molar-refractivity contribution in [3.8, 4) is 0 Å². The Morgan fingerprint density at radius 1 is 1.29 bits per heavy atom. The first-order valence-corrected chi connectivity index (χ1v) is 5.99. The molecule has 17 heavy (non-hydrogen) atoms. The van der Waals surface area contributed by atoms with Crippen molar-refractivity contribution < 1.29 is 19.4 Å². The number of aromatic carboxylic acids is 1. The quantitative estimate of drug-likeness (QED) is 0.564. The number of esters is 1. The first-order chi connectivity index (χ1) is 8.06. The van der Waals surface area contributed by atoms with Gasteiger partial charge in [0.05, 0.1) is 11.1 Å². The molecule has 0 fully saturated rings. The predicted molar refractivity (Wildman–Crippen MR) is 70.3 cm³/mol. The molecule has 0 aliphatic heterocycles. The minimum atomic E-state index is -1.16. The zero-order chi connectivity index (χ0) is 12.8. The summed E-state index contributed by atoms with van der Waals surface area (Å²) in [6, 6.07) is 5.91. The number of benzene rings is 1. The molecule has 1 rings (SSSR count). The van der Waals surface area contributed by atoms with Gasteiger partial charge in [-0.25, -0.2) is 9.59 Å². The number of rotatable bonds is 5. The van der Waals surface area contributed by atoms with E-state index < -0.39 is 11.9 Å². The van der Waals surface area contributed by atoms with Crippen molar-refractivity contribution in [2.75, 3.05) is 12.4 Å². The van der Waals surface area contributed by atoms with Gasteiger partial charge < -0.3 is 9.84 Å². The molecule has 6 heteroatoms. The number of carboxylic acid groups (broad SMARTS) is 1. The van der Waals surface area contributed by atoms with E-state index in [4.69, 9.17) is 9.84 Å². The summed E-state index contributed by atoms with van der Waals surface area (Å²) in [7, 11) is 0. The summed E-state index contributed by atoms with van der Waals surface area (Å²) in [6.45, 7) is 0.0966. The molecule has 0 radical (unpaired) electrons. The van der Waals surface area contributed by atoms with E-state index in [1.165, 1.54) is 12.1 Å². The Hall–Kier alpha value is -1.14. The Morgan fingerprint density at radius 3 is 2.41 bits per heavy atom. The summed E-state index contributed by atoms with van der Waals surface area (Å²) in [6.07, 6.45) is 0. The van der Waals surface area contributed by atoms with Gasteiger partial charge in [0.15, 0.2) is 0 Å². The van der Waals surface area contributed by atoms with Crippen LogP contribution in [0.5, 0.6) is 0 Å². The summed E-state index contributed by atoms with van der Waals surface area (Å²) in [5, 5.41) is 8.74. The second kappa shape index (κ2) is 6.56. The normalized spacial score (nSPS) is 11.9. The van der Waals surface area contributed by atoms with E-state index in [2.05, 4.69) is 25.3 Å². The third-order valence-corrected chi connectivity index (χ3v) is 3.06. The number of hydrogen-bond acceptors (Lipinski definition) is 5. The SMILES string of the molecule is O=C(O)c1ccccc1C(=O)OCC(S)CS. The van der Waals surface area contributed by atoms with E-state index in [1.807, 2.05) is 0 Å². The highest BCUT2D eigenvalue weighted by Gasteiger charge is 2.17. The Morgan fingerprint density at radius 2 is 1.88 bits per heavy atom. The van der Waals surface area contributed by atoms with Gasteiger partial charge in [-0.1, -0.05) is 12.1 Å². The van der Waals surface area contributed by atoms with E-state index in [0.29, 0.717) is 5.75 Å². The van der Waals surface area contributed by atoms with Gasteiger partial charge in [-0.2, -0.15) is 25.3 Å². The molecule has 0 aliphatic rings. The standard InChI is InChI=1S/C11H12O4S2/c12-10(13)8-3-1-2-4-9(8)11(14)15-5-7(17)6-16/h1-4,7,16-17H,5-6H2,(H,12,13). The molecule has 1 unspecified atom stereocenters. The molecule has 0 heterocycles. The molecule has 1 aromatic carbocycles. The smallest absolute Gasteiger partial charge is 0.339 e. The number of ether oxygens (including phenoxy) is 1.